The number of hydrogen-bond acceptors (Lipinski definition) is 2. The molecule has 0 spiro atoms. The molecule has 2 nitrogen and oxygen atoms in total. The van der Waals surface area contributed by atoms with E-state index in [4.69, 9.17) is 0 Å². The van der Waals surface area contributed by atoms with Gasteiger partial charge in [-0.05, 0) is 47.9 Å². The third-order valence-electron chi connectivity index (χ3n) is 10.0. The number of phenolic OH excluding ortho intramolecular Hbond substituents is 2. The van der Waals surface area contributed by atoms with E-state index in [2.05, 4.69) is 184 Å². The largest absolute Gasteiger partial charge is 3.00 e. The molecule has 8 aromatic carbocycles. The van der Waals surface area contributed by atoms with Gasteiger partial charge in [0.25, 0.3) is 0 Å². The van der Waals surface area contributed by atoms with Crippen LogP contribution in [0.1, 0.15) is 81.8 Å². The van der Waals surface area contributed by atoms with Crippen molar-refractivity contribution in [1.29, 1.82) is 0 Å². The summed E-state index contributed by atoms with van der Waals surface area (Å²) in [6.07, 6.45) is 0. The number of aromatic hydroxyl groups is 2. The fraction of sp³-hybridized carbons (Fsp3) is 0.232. The summed E-state index contributed by atoms with van der Waals surface area (Å²) < 4.78 is 0. The molecule has 0 atom stereocenters. The third-order valence-corrected chi connectivity index (χ3v) is 10.0. The summed E-state index contributed by atoms with van der Waals surface area (Å²) in [5, 5.41) is 24.5. The zero-order valence-electron chi connectivity index (χ0n) is 37.1. The molecule has 0 saturated carbocycles. The van der Waals surface area contributed by atoms with Crippen LogP contribution in [0.5, 0.6) is 11.5 Å². The van der Waals surface area contributed by atoms with Crippen molar-refractivity contribution in [3.8, 4) is 33.8 Å². The Labute approximate surface area is 374 Å². The normalized spacial score (nSPS) is 10.7. The van der Waals surface area contributed by atoms with Crippen LogP contribution < -0.4 is 0 Å². The van der Waals surface area contributed by atoms with Crippen molar-refractivity contribution < 1.29 is 36.4 Å². The van der Waals surface area contributed by atoms with Gasteiger partial charge in [-0.2, -0.15) is 6.92 Å². The van der Waals surface area contributed by atoms with Crippen molar-refractivity contribution in [2.45, 2.75) is 87.0 Å². The van der Waals surface area contributed by atoms with Gasteiger partial charge in [0.1, 0.15) is 11.5 Å². The monoisotopic (exact) mass is 857 g/mol. The Balaban J connectivity index is 0.000000208. The van der Waals surface area contributed by atoms with Crippen molar-refractivity contribution in [2.24, 2.45) is 0 Å². The molecule has 0 aliphatic rings. The number of hydrogen-bond donors (Lipinski definition) is 2. The topological polar surface area (TPSA) is 40.5 Å². The first-order valence-electron chi connectivity index (χ1n) is 20.3. The minimum atomic E-state index is 0. The fourth-order valence-corrected chi connectivity index (χ4v) is 7.21. The van der Waals surface area contributed by atoms with Gasteiger partial charge in [-0.25, -0.2) is 0 Å². The number of aryl methyl sites for hydroxylation is 4. The average molecular weight is 859 g/mol. The SMILES string of the molecule is Cc1cc2ccccc2[c-]1-c1ccccc1.Cc1cc2ccccc2[c-]1-c1ccccc1.Cc1ccc(O)c(C(C)(C)C)c1.Cc1ccc(O)c(C(C)(C)C)c1.[CH2-]C.[Zr+3]. The summed E-state index contributed by atoms with van der Waals surface area (Å²) in [6, 6.07) is 54.3. The Morgan fingerprint density at radius 3 is 1.02 bits per heavy atom. The van der Waals surface area contributed by atoms with Crippen molar-refractivity contribution in [2.75, 3.05) is 0 Å². The van der Waals surface area contributed by atoms with E-state index in [-0.39, 0.29) is 37.0 Å². The minimum absolute atomic E-state index is 0. The van der Waals surface area contributed by atoms with E-state index in [9.17, 15) is 10.2 Å². The van der Waals surface area contributed by atoms with Crippen LogP contribution in [-0.2, 0) is 37.0 Å². The molecule has 59 heavy (non-hydrogen) atoms. The first-order valence-corrected chi connectivity index (χ1v) is 20.3. The molecule has 0 aromatic heterocycles. The summed E-state index contributed by atoms with van der Waals surface area (Å²) in [5.41, 5.74) is 12.5. The van der Waals surface area contributed by atoms with E-state index in [0.717, 1.165) is 11.1 Å². The molecule has 0 unspecified atom stereocenters. The molecular weight excluding hydrogens is 796 g/mol. The average Bonchev–Trinajstić information content (AvgIpc) is 3.73. The van der Waals surface area contributed by atoms with Gasteiger partial charge in [0.05, 0.1) is 0 Å². The molecule has 2 N–H and O–H groups in total. The maximum atomic E-state index is 9.57. The van der Waals surface area contributed by atoms with E-state index in [0.29, 0.717) is 11.5 Å². The quantitative estimate of drug-likeness (QED) is 0.170. The van der Waals surface area contributed by atoms with Crippen LogP contribution in [0, 0.1) is 34.6 Å². The molecule has 0 heterocycles. The minimum Gasteiger partial charge on any atom is -0.508 e. The van der Waals surface area contributed by atoms with Gasteiger partial charge in [0.15, 0.2) is 0 Å². The Morgan fingerprint density at radius 1 is 0.407 bits per heavy atom. The predicted molar refractivity (Wildman–Crippen MR) is 254 cm³/mol. The summed E-state index contributed by atoms with van der Waals surface area (Å²) in [7, 11) is 0. The maximum absolute atomic E-state index is 9.57. The van der Waals surface area contributed by atoms with Crippen molar-refractivity contribution in [3.05, 3.63) is 198 Å². The van der Waals surface area contributed by atoms with Gasteiger partial charge < -0.3 is 17.1 Å². The van der Waals surface area contributed by atoms with Crippen LogP contribution in [-0.4, -0.2) is 10.2 Å². The molecule has 0 aliphatic heterocycles. The summed E-state index contributed by atoms with van der Waals surface area (Å²) in [6.45, 7) is 26.0. The smallest absolute Gasteiger partial charge is 0.508 e. The van der Waals surface area contributed by atoms with Crippen molar-refractivity contribution in [1.82, 2.24) is 0 Å². The molecule has 8 rings (SSSR count). The second-order valence-corrected chi connectivity index (χ2v) is 16.9. The Hall–Kier alpha value is -4.98. The summed E-state index contributed by atoms with van der Waals surface area (Å²) >= 11 is 0. The Bertz CT molecular complexity index is 2310. The molecule has 0 amide bonds. The number of fused-ring (bicyclic) bond motifs is 2. The maximum Gasteiger partial charge on any atom is 3.00 e. The van der Waals surface area contributed by atoms with Crippen LogP contribution in [0.15, 0.2) is 158 Å². The fourth-order valence-electron chi connectivity index (χ4n) is 7.21. The van der Waals surface area contributed by atoms with E-state index >= 15 is 0 Å². The number of phenols is 2. The van der Waals surface area contributed by atoms with Crippen LogP contribution in [0.4, 0.5) is 0 Å². The predicted octanol–water partition coefficient (Wildman–Crippen LogP) is 15.9. The summed E-state index contributed by atoms with van der Waals surface area (Å²) in [4.78, 5) is 0. The molecular formula is C56H63O2Zr. The molecule has 0 aliphatic carbocycles. The molecule has 0 fully saturated rings. The standard InChI is InChI=1S/2C16H13.2C11H16O.C2H5.Zr/c2*1-12-11-14-9-5-6-10-15(14)16(12)13-7-3-2-4-8-13;2*1-8-5-6-10(12)9(7-8)11(2,3)4;1-2;/h2*2-11H,1H3;2*5-7,12H,1-4H3;1H2,2H3;/q2*-1;;;-1;+3. The first-order chi connectivity index (χ1) is 27.5. The van der Waals surface area contributed by atoms with E-state index < -0.39 is 0 Å². The van der Waals surface area contributed by atoms with Gasteiger partial charge >= 0.3 is 26.2 Å². The van der Waals surface area contributed by atoms with Gasteiger partial charge in [-0.3, -0.25) is 0 Å². The molecule has 1 radical (unpaired) electrons. The van der Waals surface area contributed by atoms with Crippen LogP contribution in [0.25, 0.3) is 43.8 Å². The van der Waals surface area contributed by atoms with Crippen LogP contribution in [0.2, 0.25) is 0 Å². The Morgan fingerprint density at radius 2 is 0.712 bits per heavy atom. The summed E-state index contributed by atoms with van der Waals surface area (Å²) in [5.74, 6) is 0.793. The zero-order valence-corrected chi connectivity index (χ0v) is 39.6. The van der Waals surface area contributed by atoms with Gasteiger partial charge in [-0.1, -0.05) is 196 Å². The van der Waals surface area contributed by atoms with E-state index in [1.54, 1.807) is 19.1 Å². The van der Waals surface area contributed by atoms with Gasteiger partial charge in [0.2, 0.25) is 0 Å². The molecule has 8 aromatic rings. The van der Waals surface area contributed by atoms with Gasteiger partial charge in [0, 0.05) is 0 Å². The van der Waals surface area contributed by atoms with Gasteiger partial charge in [-0.15, -0.1) is 70.8 Å². The molecule has 3 heteroatoms. The van der Waals surface area contributed by atoms with Crippen LogP contribution >= 0.6 is 0 Å². The third kappa shape index (κ3) is 13.0. The molecule has 303 valence electrons. The molecule has 0 saturated heterocycles. The molecule has 0 bridgehead atoms. The number of benzene rings is 6. The first kappa shape index (κ1) is 48.4. The van der Waals surface area contributed by atoms with Crippen LogP contribution in [0.3, 0.4) is 0 Å². The van der Waals surface area contributed by atoms with Crippen molar-refractivity contribution in [3.63, 3.8) is 0 Å². The zero-order chi connectivity index (χ0) is 42.6. The second-order valence-electron chi connectivity index (χ2n) is 16.9. The van der Waals surface area contributed by atoms with E-state index in [1.807, 2.05) is 38.1 Å². The van der Waals surface area contributed by atoms with Crippen molar-refractivity contribution >= 4 is 21.5 Å². The Kier molecular flexibility index (Phi) is 17.9. The second kappa shape index (κ2) is 21.9. The number of rotatable bonds is 2. The van der Waals surface area contributed by atoms with E-state index in [1.165, 1.54) is 66.1 Å².